The quantitative estimate of drug-likeness (QED) is 0.391. The third-order valence-electron chi connectivity index (χ3n) is 5.04. The largest absolute Gasteiger partial charge is 0.489 e. The van der Waals surface area contributed by atoms with Crippen LogP contribution in [0.5, 0.6) is 5.75 Å². The highest BCUT2D eigenvalue weighted by molar-refractivity contribution is 8.00. The molecule has 0 radical (unpaired) electrons. The average Bonchev–Trinajstić information content (AvgIpc) is 2.82. The lowest BCUT2D eigenvalue weighted by Gasteiger charge is -2.25. The number of carbonyl (C=O) groups excluding carboxylic acids is 1. The van der Waals surface area contributed by atoms with Gasteiger partial charge in [-0.1, -0.05) is 30.3 Å². The van der Waals surface area contributed by atoms with Crippen LogP contribution >= 0.6 is 11.8 Å². The first kappa shape index (κ1) is 22.9. The standard InChI is InChI=1S/C24H23N3O4S2/c1-27(33(29,30)23-8-3-2-4-9-23)20-12-10-19(11-13-20)24(28)26-25-15-18-6-5-7-21(14-18)31-22-16-32-17-22/h2-15,22H,16-17H2,1H3,(H,26,28)/b25-15-. The first-order chi connectivity index (χ1) is 15.9. The Balaban J connectivity index is 1.37. The second-order valence-corrected chi connectivity index (χ2v) is 10.4. The van der Waals surface area contributed by atoms with Crippen LogP contribution in [0, 0.1) is 0 Å². The number of nitrogens with one attached hydrogen (secondary N) is 1. The van der Waals surface area contributed by atoms with Gasteiger partial charge >= 0.3 is 0 Å². The van der Waals surface area contributed by atoms with Crippen LogP contribution in [-0.2, 0) is 10.0 Å². The molecule has 1 aliphatic rings. The highest BCUT2D eigenvalue weighted by Gasteiger charge is 2.21. The van der Waals surface area contributed by atoms with Crippen molar-refractivity contribution in [3.63, 3.8) is 0 Å². The number of amides is 1. The van der Waals surface area contributed by atoms with E-state index in [4.69, 9.17) is 4.74 Å². The molecule has 33 heavy (non-hydrogen) atoms. The van der Waals surface area contributed by atoms with Gasteiger partial charge < -0.3 is 4.74 Å². The SMILES string of the molecule is CN(c1ccc(C(=O)N/N=C\c2cccc(OC3CSC3)c2)cc1)S(=O)(=O)c1ccccc1. The molecule has 1 aliphatic heterocycles. The minimum atomic E-state index is -3.68. The van der Waals surface area contributed by atoms with Crippen LogP contribution in [0.4, 0.5) is 5.69 Å². The maximum Gasteiger partial charge on any atom is 0.271 e. The molecule has 0 saturated carbocycles. The molecule has 0 aliphatic carbocycles. The molecule has 0 atom stereocenters. The van der Waals surface area contributed by atoms with Crippen molar-refractivity contribution in [2.45, 2.75) is 11.0 Å². The Bertz CT molecular complexity index is 1240. The van der Waals surface area contributed by atoms with E-state index in [1.807, 2.05) is 36.0 Å². The minimum Gasteiger partial charge on any atom is -0.489 e. The van der Waals surface area contributed by atoms with Crippen LogP contribution < -0.4 is 14.5 Å². The molecule has 0 aromatic heterocycles. The lowest BCUT2D eigenvalue weighted by atomic mass is 10.2. The van der Waals surface area contributed by atoms with Gasteiger partial charge in [-0.25, -0.2) is 13.8 Å². The highest BCUT2D eigenvalue weighted by atomic mass is 32.2. The third-order valence-corrected chi connectivity index (χ3v) is 8.06. The Hall–Kier alpha value is -3.30. The molecule has 1 amide bonds. The zero-order valence-electron chi connectivity index (χ0n) is 17.9. The summed E-state index contributed by atoms with van der Waals surface area (Å²) in [6.45, 7) is 0. The fourth-order valence-electron chi connectivity index (χ4n) is 3.08. The van der Waals surface area contributed by atoms with Gasteiger partial charge in [0.2, 0.25) is 0 Å². The lowest BCUT2D eigenvalue weighted by Crippen LogP contribution is -2.31. The Labute approximate surface area is 197 Å². The summed E-state index contributed by atoms with van der Waals surface area (Å²) < 4.78 is 32.5. The molecule has 9 heteroatoms. The summed E-state index contributed by atoms with van der Waals surface area (Å²) in [5.74, 6) is 2.38. The molecular formula is C24H23N3O4S2. The van der Waals surface area contributed by atoms with Gasteiger partial charge in [0.05, 0.1) is 16.8 Å². The number of hydrogen-bond acceptors (Lipinski definition) is 6. The Morgan fingerprint density at radius 3 is 2.45 bits per heavy atom. The summed E-state index contributed by atoms with van der Waals surface area (Å²) >= 11 is 1.85. The number of sulfonamides is 1. The lowest BCUT2D eigenvalue weighted by molar-refractivity contribution is 0.0955. The molecule has 170 valence electrons. The van der Waals surface area contributed by atoms with Gasteiger partial charge in [0.1, 0.15) is 11.9 Å². The molecule has 1 saturated heterocycles. The number of rotatable bonds is 8. The Morgan fingerprint density at radius 2 is 1.79 bits per heavy atom. The molecule has 1 fully saturated rings. The Kier molecular flexibility index (Phi) is 7.00. The number of nitrogens with zero attached hydrogens (tertiary/aromatic N) is 2. The molecule has 0 bridgehead atoms. The van der Waals surface area contributed by atoms with Crippen molar-refractivity contribution in [2.24, 2.45) is 5.10 Å². The number of hydrazone groups is 1. The highest BCUT2D eigenvalue weighted by Crippen LogP contribution is 2.24. The molecule has 4 rings (SSSR count). The molecule has 1 N–H and O–H groups in total. The van der Waals surface area contributed by atoms with Crippen molar-refractivity contribution in [3.05, 3.63) is 90.0 Å². The van der Waals surface area contributed by atoms with E-state index in [1.165, 1.54) is 11.4 Å². The van der Waals surface area contributed by atoms with Crippen molar-refractivity contribution >= 4 is 39.6 Å². The van der Waals surface area contributed by atoms with E-state index in [0.29, 0.717) is 11.3 Å². The molecule has 3 aromatic rings. The van der Waals surface area contributed by atoms with Gasteiger partial charge in [-0.15, -0.1) is 0 Å². The van der Waals surface area contributed by atoms with Crippen LogP contribution in [0.3, 0.4) is 0 Å². The molecule has 0 spiro atoms. The number of ether oxygens (including phenoxy) is 1. The van der Waals surface area contributed by atoms with E-state index >= 15 is 0 Å². The van der Waals surface area contributed by atoms with Gasteiger partial charge in [-0.3, -0.25) is 9.10 Å². The van der Waals surface area contributed by atoms with Crippen molar-refractivity contribution < 1.29 is 17.9 Å². The minimum absolute atomic E-state index is 0.199. The fraction of sp³-hybridized carbons (Fsp3) is 0.167. The maximum absolute atomic E-state index is 12.7. The van der Waals surface area contributed by atoms with Crippen LogP contribution in [0.1, 0.15) is 15.9 Å². The third kappa shape index (κ3) is 5.55. The van der Waals surface area contributed by atoms with Crippen molar-refractivity contribution in [1.82, 2.24) is 5.43 Å². The number of benzene rings is 3. The first-order valence-electron chi connectivity index (χ1n) is 10.3. The zero-order valence-corrected chi connectivity index (χ0v) is 19.6. The summed E-state index contributed by atoms with van der Waals surface area (Å²) in [6.07, 6.45) is 1.81. The topological polar surface area (TPSA) is 88.1 Å². The average molecular weight is 482 g/mol. The van der Waals surface area contributed by atoms with Crippen LogP contribution in [0.15, 0.2) is 88.9 Å². The monoisotopic (exact) mass is 481 g/mol. The van der Waals surface area contributed by atoms with E-state index in [-0.39, 0.29) is 11.0 Å². The molecule has 3 aromatic carbocycles. The van der Waals surface area contributed by atoms with Crippen molar-refractivity contribution in [1.29, 1.82) is 0 Å². The van der Waals surface area contributed by atoms with Gasteiger partial charge in [0, 0.05) is 24.1 Å². The molecule has 1 heterocycles. The predicted octanol–water partition coefficient (Wildman–Crippen LogP) is 3.77. The summed E-state index contributed by atoms with van der Waals surface area (Å²) in [5.41, 5.74) is 4.10. The van der Waals surface area contributed by atoms with Crippen molar-refractivity contribution in [3.8, 4) is 5.75 Å². The maximum atomic E-state index is 12.7. The first-order valence-corrected chi connectivity index (χ1v) is 12.8. The van der Waals surface area contributed by atoms with Gasteiger partial charge in [0.15, 0.2) is 0 Å². The van der Waals surface area contributed by atoms with Gasteiger partial charge in [-0.2, -0.15) is 16.9 Å². The fourth-order valence-corrected chi connectivity index (χ4v) is 4.87. The number of hydrogen-bond donors (Lipinski definition) is 1. The van der Waals surface area contributed by atoms with E-state index in [9.17, 15) is 13.2 Å². The summed E-state index contributed by atoms with van der Waals surface area (Å²) in [7, 11) is -2.21. The predicted molar refractivity (Wildman–Crippen MR) is 132 cm³/mol. The smallest absolute Gasteiger partial charge is 0.271 e. The molecular weight excluding hydrogens is 458 g/mol. The number of anilines is 1. The molecule has 0 unspecified atom stereocenters. The Morgan fingerprint density at radius 1 is 1.06 bits per heavy atom. The summed E-state index contributed by atoms with van der Waals surface area (Å²) in [6, 6.07) is 22.0. The normalized spacial score (nSPS) is 14.0. The molecule has 7 nitrogen and oxygen atoms in total. The van der Waals surface area contributed by atoms with Crippen LogP contribution in [0.2, 0.25) is 0 Å². The number of carbonyl (C=O) groups is 1. The van der Waals surface area contributed by atoms with E-state index in [0.717, 1.165) is 22.8 Å². The summed E-state index contributed by atoms with van der Waals surface area (Å²) in [5, 5.41) is 4.02. The zero-order chi connectivity index (χ0) is 23.3. The second-order valence-electron chi connectivity index (χ2n) is 7.38. The second kappa shape index (κ2) is 10.1. The van der Waals surface area contributed by atoms with Gasteiger partial charge in [0.25, 0.3) is 15.9 Å². The van der Waals surface area contributed by atoms with Gasteiger partial charge in [-0.05, 0) is 54.1 Å². The van der Waals surface area contributed by atoms with Crippen LogP contribution in [-0.4, -0.2) is 45.2 Å². The van der Waals surface area contributed by atoms with E-state index in [2.05, 4.69) is 10.5 Å². The summed E-state index contributed by atoms with van der Waals surface area (Å²) in [4.78, 5) is 12.6. The van der Waals surface area contributed by atoms with Crippen molar-refractivity contribution in [2.75, 3.05) is 22.9 Å². The van der Waals surface area contributed by atoms with Crippen LogP contribution in [0.25, 0.3) is 0 Å². The number of thioether (sulfide) groups is 1. The van der Waals surface area contributed by atoms with E-state index in [1.54, 1.807) is 60.8 Å². The van der Waals surface area contributed by atoms with E-state index < -0.39 is 15.9 Å².